The van der Waals surface area contributed by atoms with E-state index in [-0.39, 0.29) is 17.4 Å². The molecule has 6 nitrogen and oxygen atoms in total. The molecule has 0 bridgehead atoms. The number of carbonyl (C=O) groups is 1. The third-order valence-electron chi connectivity index (χ3n) is 6.62. The van der Waals surface area contributed by atoms with E-state index in [9.17, 15) is 4.79 Å². The number of H-pyrrole nitrogens is 1. The van der Waals surface area contributed by atoms with Gasteiger partial charge < -0.3 is 5.32 Å². The second-order valence-electron chi connectivity index (χ2n) is 9.68. The third-order valence-corrected chi connectivity index (χ3v) is 6.62. The van der Waals surface area contributed by atoms with Crippen molar-refractivity contribution in [1.82, 2.24) is 25.4 Å². The first-order valence-corrected chi connectivity index (χ1v) is 10.9. The molecule has 2 N–H and O–H groups in total. The maximum Gasteiger partial charge on any atom is 0.272 e. The number of nitrogens with zero attached hydrogens (tertiary/aromatic N) is 3. The molecule has 2 aliphatic rings. The molecule has 6 heteroatoms. The van der Waals surface area contributed by atoms with Gasteiger partial charge in [-0.3, -0.25) is 19.8 Å². The van der Waals surface area contributed by atoms with E-state index < -0.39 is 0 Å². The summed E-state index contributed by atoms with van der Waals surface area (Å²) in [5, 5.41) is 10.8. The van der Waals surface area contributed by atoms with E-state index >= 15 is 0 Å². The highest BCUT2D eigenvalue weighted by molar-refractivity contribution is 5.94. The summed E-state index contributed by atoms with van der Waals surface area (Å²) in [7, 11) is 0. The van der Waals surface area contributed by atoms with Gasteiger partial charge in [0.15, 0.2) is 5.69 Å². The zero-order valence-corrected chi connectivity index (χ0v) is 17.9. The van der Waals surface area contributed by atoms with Crippen molar-refractivity contribution in [2.75, 3.05) is 13.1 Å². The summed E-state index contributed by atoms with van der Waals surface area (Å²) in [6, 6.07) is 6.27. The number of rotatable bonds is 4. The summed E-state index contributed by atoms with van der Waals surface area (Å²) in [4.78, 5) is 19.8. The standard InChI is InChI=1S/C23H33N5O/c1-23(2,3)16-7-8-20-19(14-16)21(27-26-20)22(29)25-17-9-12-28(13-10-17)15-18-6-4-5-11-24-18/h4-6,11,16-17H,7-10,12-15H2,1-3H3,(H,25,29)(H,26,27)/t16-/m1/s1. The Morgan fingerprint density at radius 1 is 1.24 bits per heavy atom. The maximum absolute atomic E-state index is 13.0. The molecule has 2 aromatic rings. The lowest BCUT2D eigenvalue weighted by atomic mass is 9.71. The van der Waals surface area contributed by atoms with Gasteiger partial charge in [-0.05, 0) is 55.6 Å². The van der Waals surface area contributed by atoms with E-state index in [0.717, 1.165) is 68.7 Å². The van der Waals surface area contributed by atoms with E-state index in [0.29, 0.717) is 11.6 Å². The van der Waals surface area contributed by atoms with Gasteiger partial charge >= 0.3 is 0 Å². The molecule has 3 heterocycles. The Kier molecular flexibility index (Phi) is 5.72. The number of likely N-dealkylation sites (tertiary alicyclic amines) is 1. The molecule has 4 rings (SSSR count). The zero-order valence-electron chi connectivity index (χ0n) is 17.9. The molecular formula is C23H33N5O. The molecule has 1 amide bonds. The zero-order chi connectivity index (χ0) is 20.4. The molecule has 1 aliphatic carbocycles. The van der Waals surface area contributed by atoms with Crippen molar-refractivity contribution < 1.29 is 4.79 Å². The average Bonchev–Trinajstić information content (AvgIpc) is 3.13. The summed E-state index contributed by atoms with van der Waals surface area (Å²) >= 11 is 0. The second-order valence-corrected chi connectivity index (χ2v) is 9.68. The molecular weight excluding hydrogens is 362 g/mol. The number of piperidine rings is 1. The van der Waals surface area contributed by atoms with Crippen molar-refractivity contribution in [1.29, 1.82) is 0 Å². The quantitative estimate of drug-likeness (QED) is 0.833. The van der Waals surface area contributed by atoms with Crippen LogP contribution < -0.4 is 5.32 Å². The van der Waals surface area contributed by atoms with Crippen LogP contribution in [0.5, 0.6) is 0 Å². The van der Waals surface area contributed by atoms with E-state index in [4.69, 9.17) is 0 Å². The van der Waals surface area contributed by atoms with Crippen molar-refractivity contribution in [3.63, 3.8) is 0 Å². The van der Waals surface area contributed by atoms with Crippen molar-refractivity contribution >= 4 is 5.91 Å². The topological polar surface area (TPSA) is 73.9 Å². The molecule has 2 aromatic heterocycles. The highest BCUT2D eigenvalue weighted by atomic mass is 16.2. The first-order valence-electron chi connectivity index (χ1n) is 10.9. The first kappa shape index (κ1) is 20.1. The van der Waals surface area contributed by atoms with Crippen LogP contribution in [0.4, 0.5) is 0 Å². The number of hydrogen-bond acceptors (Lipinski definition) is 4. The Hall–Kier alpha value is -2.21. The molecule has 0 unspecified atom stereocenters. The summed E-state index contributed by atoms with van der Waals surface area (Å²) in [6.07, 6.45) is 6.88. The lowest BCUT2D eigenvalue weighted by molar-refractivity contribution is 0.0901. The minimum absolute atomic E-state index is 0.0137. The Balaban J connectivity index is 1.33. The molecule has 0 saturated carbocycles. The number of amides is 1. The summed E-state index contributed by atoms with van der Waals surface area (Å²) in [5.41, 5.74) is 4.27. The van der Waals surface area contributed by atoms with Crippen molar-refractivity contribution in [3.05, 3.63) is 47.0 Å². The van der Waals surface area contributed by atoms with Crippen molar-refractivity contribution in [3.8, 4) is 0 Å². The summed E-state index contributed by atoms with van der Waals surface area (Å²) < 4.78 is 0. The summed E-state index contributed by atoms with van der Waals surface area (Å²) in [6.45, 7) is 9.71. The highest BCUT2D eigenvalue weighted by Crippen LogP contribution is 2.37. The number of aryl methyl sites for hydroxylation is 1. The lowest BCUT2D eigenvalue weighted by Crippen LogP contribution is -2.44. The Morgan fingerprint density at radius 3 is 2.72 bits per heavy atom. The minimum atomic E-state index is -0.0137. The van der Waals surface area contributed by atoms with E-state index in [1.165, 1.54) is 0 Å². The number of aromatic amines is 1. The van der Waals surface area contributed by atoms with Crippen LogP contribution in [0.25, 0.3) is 0 Å². The number of aromatic nitrogens is 3. The molecule has 1 saturated heterocycles. The fourth-order valence-corrected chi connectivity index (χ4v) is 4.63. The van der Waals surface area contributed by atoms with Crippen LogP contribution in [0.3, 0.4) is 0 Å². The molecule has 156 valence electrons. The lowest BCUT2D eigenvalue weighted by Gasteiger charge is -2.34. The van der Waals surface area contributed by atoms with Gasteiger partial charge in [0, 0.05) is 43.1 Å². The number of nitrogens with one attached hydrogen (secondary N) is 2. The second kappa shape index (κ2) is 8.27. The van der Waals surface area contributed by atoms with E-state index in [1.54, 1.807) is 0 Å². The van der Waals surface area contributed by atoms with Gasteiger partial charge in [0.1, 0.15) is 0 Å². The predicted molar refractivity (Wildman–Crippen MR) is 114 cm³/mol. The van der Waals surface area contributed by atoms with Gasteiger partial charge in [0.2, 0.25) is 0 Å². The molecule has 0 aromatic carbocycles. The first-order chi connectivity index (χ1) is 13.9. The molecule has 29 heavy (non-hydrogen) atoms. The van der Waals surface area contributed by atoms with E-state index in [2.05, 4.69) is 52.2 Å². The van der Waals surface area contributed by atoms with Crippen molar-refractivity contribution in [2.45, 2.75) is 65.5 Å². The third kappa shape index (κ3) is 4.69. The van der Waals surface area contributed by atoms with Gasteiger partial charge in [0.05, 0.1) is 5.69 Å². The minimum Gasteiger partial charge on any atom is -0.348 e. The fraction of sp³-hybridized carbons (Fsp3) is 0.609. The SMILES string of the molecule is CC(C)(C)[C@@H]1CCc2[nH]nc(C(=O)NC3CCN(Cc4ccccn4)CC3)c2C1. The smallest absolute Gasteiger partial charge is 0.272 e. The molecule has 1 atom stereocenters. The Labute approximate surface area is 173 Å². The monoisotopic (exact) mass is 395 g/mol. The number of hydrogen-bond donors (Lipinski definition) is 2. The van der Waals surface area contributed by atoms with Gasteiger partial charge in [0.25, 0.3) is 5.91 Å². The molecule has 0 spiro atoms. The van der Waals surface area contributed by atoms with Crippen LogP contribution in [0.2, 0.25) is 0 Å². The van der Waals surface area contributed by atoms with Crippen LogP contribution in [0, 0.1) is 11.3 Å². The molecule has 1 aliphatic heterocycles. The Bertz CT molecular complexity index is 831. The van der Waals surface area contributed by atoms with Gasteiger partial charge in [-0.25, -0.2) is 0 Å². The summed E-state index contributed by atoms with van der Waals surface area (Å²) in [5.74, 6) is 0.578. The number of pyridine rings is 1. The van der Waals surface area contributed by atoms with Crippen LogP contribution in [0.1, 0.15) is 67.5 Å². The molecule has 1 fully saturated rings. The van der Waals surface area contributed by atoms with Crippen LogP contribution in [-0.4, -0.2) is 45.1 Å². The maximum atomic E-state index is 13.0. The highest BCUT2D eigenvalue weighted by Gasteiger charge is 2.33. The van der Waals surface area contributed by atoms with Gasteiger partial charge in [-0.15, -0.1) is 0 Å². The predicted octanol–water partition coefficient (Wildman–Crippen LogP) is 3.35. The van der Waals surface area contributed by atoms with Crippen molar-refractivity contribution in [2.24, 2.45) is 11.3 Å². The number of fused-ring (bicyclic) bond motifs is 1. The van der Waals surface area contributed by atoms with E-state index in [1.807, 2.05) is 18.3 Å². The van der Waals surface area contributed by atoms with Gasteiger partial charge in [-0.1, -0.05) is 26.8 Å². The van der Waals surface area contributed by atoms with Crippen LogP contribution >= 0.6 is 0 Å². The fourth-order valence-electron chi connectivity index (χ4n) is 4.63. The molecule has 0 radical (unpaired) electrons. The van der Waals surface area contributed by atoms with Crippen LogP contribution in [-0.2, 0) is 19.4 Å². The average molecular weight is 396 g/mol. The Morgan fingerprint density at radius 2 is 2.03 bits per heavy atom. The normalized spacial score (nSPS) is 21.0. The number of carbonyl (C=O) groups excluding carboxylic acids is 1. The van der Waals surface area contributed by atoms with Crippen LogP contribution in [0.15, 0.2) is 24.4 Å². The largest absolute Gasteiger partial charge is 0.348 e. The van der Waals surface area contributed by atoms with Gasteiger partial charge in [-0.2, -0.15) is 5.10 Å².